The number of benzene rings is 2. The molecule has 0 aliphatic carbocycles. The Kier molecular flexibility index (Phi) is 4.14. The van der Waals surface area contributed by atoms with Crippen LogP contribution in [0.4, 0.5) is 18.9 Å². The fraction of sp³-hybridized carbons (Fsp3) is 0.0625. The van der Waals surface area contributed by atoms with E-state index in [1.807, 2.05) is 0 Å². The van der Waals surface area contributed by atoms with Crippen LogP contribution in [0.25, 0.3) is 11.0 Å². The molecular weight excluding hydrogens is 339 g/mol. The third-order valence-electron chi connectivity index (χ3n) is 3.44. The molecule has 1 amide bonds. The first-order chi connectivity index (χ1) is 11.8. The van der Waals surface area contributed by atoms with Crippen molar-refractivity contribution in [3.8, 4) is 0 Å². The lowest BCUT2D eigenvalue weighted by molar-refractivity contribution is -0.116. The molecule has 1 aromatic heterocycles. The standard InChI is InChI=1S/C16H10F3N3O3/c17-8-1-4-13-12(5-8)21-15(24)16(25)22(13)7-14(23)20-9-2-3-10(18)11(19)6-9/h1-6H,7H2,(H,20,23)(H,21,24). The summed E-state index contributed by atoms with van der Waals surface area (Å²) < 4.78 is 40.2. The average molecular weight is 349 g/mol. The van der Waals surface area contributed by atoms with Gasteiger partial charge in [-0.3, -0.25) is 19.0 Å². The zero-order valence-electron chi connectivity index (χ0n) is 12.5. The highest BCUT2D eigenvalue weighted by atomic mass is 19.2. The molecule has 0 radical (unpaired) electrons. The second-order valence-corrected chi connectivity index (χ2v) is 5.18. The number of anilines is 1. The van der Waals surface area contributed by atoms with Crippen molar-refractivity contribution in [1.29, 1.82) is 0 Å². The van der Waals surface area contributed by atoms with Gasteiger partial charge in [0, 0.05) is 11.8 Å². The summed E-state index contributed by atoms with van der Waals surface area (Å²) in [5, 5.41) is 2.29. The molecule has 0 atom stereocenters. The van der Waals surface area contributed by atoms with Crippen molar-refractivity contribution < 1.29 is 18.0 Å². The molecule has 0 unspecified atom stereocenters. The van der Waals surface area contributed by atoms with Gasteiger partial charge in [-0.05, 0) is 30.3 Å². The largest absolute Gasteiger partial charge is 0.324 e. The first-order valence-corrected chi connectivity index (χ1v) is 7.02. The number of aromatic amines is 1. The Morgan fingerprint density at radius 3 is 2.52 bits per heavy atom. The van der Waals surface area contributed by atoms with Crippen molar-refractivity contribution in [3.63, 3.8) is 0 Å². The SMILES string of the molecule is O=C(Cn1c(=O)c(=O)[nH]c2cc(F)ccc21)Nc1ccc(F)c(F)c1. The van der Waals surface area contributed by atoms with Crippen LogP contribution in [0, 0.1) is 17.5 Å². The van der Waals surface area contributed by atoms with Gasteiger partial charge < -0.3 is 10.3 Å². The molecule has 25 heavy (non-hydrogen) atoms. The molecule has 6 nitrogen and oxygen atoms in total. The van der Waals surface area contributed by atoms with Crippen LogP contribution in [0.3, 0.4) is 0 Å². The third kappa shape index (κ3) is 3.30. The maximum absolute atomic E-state index is 13.3. The van der Waals surface area contributed by atoms with E-state index < -0.39 is 41.0 Å². The van der Waals surface area contributed by atoms with E-state index in [0.29, 0.717) is 0 Å². The van der Waals surface area contributed by atoms with Gasteiger partial charge in [0.2, 0.25) is 5.91 Å². The summed E-state index contributed by atoms with van der Waals surface area (Å²) in [5.41, 5.74) is -1.84. The Balaban J connectivity index is 1.95. The van der Waals surface area contributed by atoms with Crippen molar-refractivity contribution in [2.24, 2.45) is 0 Å². The molecule has 0 aliphatic rings. The lowest BCUT2D eigenvalue weighted by atomic mass is 10.2. The summed E-state index contributed by atoms with van der Waals surface area (Å²) in [6, 6.07) is 6.09. The Morgan fingerprint density at radius 2 is 1.80 bits per heavy atom. The van der Waals surface area contributed by atoms with Crippen molar-refractivity contribution in [2.75, 3.05) is 5.32 Å². The van der Waals surface area contributed by atoms with E-state index in [2.05, 4.69) is 10.3 Å². The predicted octanol–water partition coefficient (Wildman–Crippen LogP) is 1.75. The number of carbonyl (C=O) groups excluding carboxylic acids is 1. The minimum atomic E-state index is -1.15. The number of fused-ring (bicyclic) bond motifs is 1. The third-order valence-corrected chi connectivity index (χ3v) is 3.44. The second kappa shape index (κ2) is 6.27. The Bertz CT molecular complexity index is 1110. The lowest BCUT2D eigenvalue weighted by Crippen LogP contribution is -2.38. The zero-order valence-corrected chi connectivity index (χ0v) is 12.5. The van der Waals surface area contributed by atoms with Crippen molar-refractivity contribution >= 4 is 22.6 Å². The normalized spacial score (nSPS) is 10.8. The number of amides is 1. The number of hydrogen-bond donors (Lipinski definition) is 2. The van der Waals surface area contributed by atoms with Crippen molar-refractivity contribution in [3.05, 3.63) is 74.6 Å². The van der Waals surface area contributed by atoms with Gasteiger partial charge in [-0.25, -0.2) is 13.2 Å². The molecule has 0 fully saturated rings. The van der Waals surface area contributed by atoms with Gasteiger partial charge in [0.15, 0.2) is 11.6 Å². The van der Waals surface area contributed by atoms with E-state index in [1.54, 1.807) is 0 Å². The topological polar surface area (TPSA) is 84.0 Å². The van der Waals surface area contributed by atoms with Gasteiger partial charge in [0.25, 0.3) is 0 Å². The summed E-state index contributed by atoms with van der Waals surface area (Å²) >= 11 is 0. The van der Waals surface area contributed by atoms with Gasteiger partial charge in [-0.1, -0.05) is 0 Å². The molecule has 128 valence electrons. The molecule has 0 bridgehead atoms. The molecule has 0 saturated heterocycles. The molecule has 0 spiro atoms. The highest BCUT2D eigenvalue weighted by Gasteiger charge is 2.13. The molecule has 2 N–H and O–H groups in total. The predicted molar refractivity (Wildman–Crippen MR) is 83.8 cm³/mol. The first kappa shape index (κ1) is 16.5. The van der Waals surface area contributed by atoms with E-state index >= 15 is 0 Å². The van der Waals surface area contributed by atoms with E-state index in [4.69, 9.17) is 0 Å². The maximum Gasteiger partial charge on any atom is 0.317 e. The average Bonchev–Trinajstić information content (AvgIpc) is 2.55. The summed E-state index contributed by atoms with van der Waals surface area (Å²) in [4.78, 5) is 37.9. The Morgan fingerprint density at radius 1 is 1.04 bits per heavy atom. The molecule has 2 aromatic carbocycles. The number of halogens is 3. The number of aromatic nitrogens is 2. The van der Waals surface area contributed by atoms with E-state index in [0.717, 1.165) is 34.9 Å². The highest BCUT2D eigenvalue weighted by molar-refractivity contribution is 5.91. The van der Waals surface area contributed by atoms with Crippen molar-refractivity contribution in [1.82, 2.24) is 9.55 Å². The number of H-pyrrole nitrogens is 1. The number of carbonyl (C=O) groups is 1. The molecule has 3 rings (SSSR count). The quantitative estimate of drug-likeness (QED) is 0.707. The lowest BCUT2D eigenvalue weighted by Gasteiger charge is -2.10. The fourth-order valence-electron chi connectivity index (χ4n) is 2.33. The van der Waals surface area contributed by atoms with Gasteiger partial charge in [0.1, 0.15) is 12.4 Å². The molecular formula is C16H10F3N3O3. The molecule has 3 aromatic rings. The number of rotatable bonds is 3. The summed E-state index contributed by atoms with van der Waals surface area (Å²) in [6.07, 6.45) is 0. The van der Waals surface area contributed by atoms with Crippen LogP contribution in [0.1, 0.15) is 0 Å². The summed E-state index contributed by atoms with van der Waals surface area (Å²) in [6.45, 7) is -0.566. The van der Waals surface area contributed by atoms with Gasteiger partial charge >= 0.3 is 11.1 Å². The van der Waals surface area contributed by atoms with Crippen LogP contribution in [0.15, 0.2) is 46.0 Å². The van der Waals surface area contributed by atoms with Crippen LogP contribution in [-0.4, -0.2) is 15.5 Å². The van der Waals surface area contributed by atoms with Crippen molar-refractivity contribution in [2.45, 2.75) is 6.54 Å². The van der Waals surface area contributed by atoms with E-state index in [1.165, 1.54) is 6.07 Å². The highest BCUT2D eigenvalue weighted by Crippen LogP contribution is 2.14. The summed E-state index contributed by atoms with van der Waals surface area (Å²) in [5.74, 6) is -3.59. The Labute approximate surface area is 137 Å². The van der Waals surface area contributed by atoms with E-state index in [9.17, 15) is 27.6 Å². The minimum Gasteiger partial charge on any atom is -0.324 e. The van der Waals surface area contributed by atoms with Crippen LogP contribution in [-0.2, 0) is 11.3 Å². The van der Waals surface area contributed by atoms with Crippen LogP contribution in [0.5, 0.6) is 0 Å². The van der Waals surface area contributed by atoms with Gasteiger partial charge in [-0.2, -0.15) is 0 Å². The van der Waals surface area contributed by atoms with Gasteiger partial charge in [0.05, 0.1) is 11.0 Å². The summed E-state index contributed by atoms with van der Waals surface area (Å²) in [7, 11) is 0. The number of nitrogens with one attached hydrogen (secondary N) is 2. The Hall–Kier alpha value is -3.36. The van der Waals surface area contributed by atoms with Crippen LogP contribution < -0.4 is 16.4 Å². The molecule has 9 heteroatoms. The number of hydrogen-bond acceptors (Lipinski definition) is 3. The molecule has 0 aliphatic heterocycles. The van der Waals surface area contributed by atoms with E-state index in [-0.39, 0.29) is 16.7 Å². The fourth-order valence-corrected chi connectivity index (χ4v) is 2.33. The number of nitrogens with zero attached hydrogens (tertiary/aromatic N) is 1. The minimum absolute atomic E-state index is 0.0165. The smallest absolute Gasteiger partial charge is 0.317 e. The van der Waals surface area contributed by atoms with Crippen LogP contribution in [0.2, 0.25) is 0 Å². The first-order valence-electron chi connectivity index (χ1n) is 7.02. The maximum atomic E-state index is 13.3. The zero-order chi connectivity index (χ0) is 18.1. The monoisotopic (exact) mass is 349 g/mol. The molecule has 0 saturated carbocycles. The molecule has 1 heterocycles. The van der Waals surface area contributed by atoms with Gasteiger partial charge in [-0.15, -0.1) is 0 Å². The second-order valence-electron chi connectivity index (χ2n) is 5.18. The van der Waals surface area contributed by atoms with Crippen LogP contribution >= 0.6 is 0 Å².